The summed E-state index contributed by atoms with van der Waals surface area (Å²) >= 11 is 0. The number of morpholine rings is 1. The highest BCUT2D eigenvalue weighted by molar-refractivity contribution is 5.34. The molecule has 0 bridgehead atoms. The zero-order chi connectivity index (χ0) is 10.7. The molecule has 0 aromatic carbocycles. The highest BCUT2D eigenvalue weighted by atomic mass is 16.6. The number of rotatable bonds is 2. The average Bonchev–Trinajstić information content (AvgIpc) is 2.30. The molecule has 15 heavy (non-hydrogen) atoms. The molecule has 0 unspecified atom stereocenters. The van der Waals surface area contributed by atoms with Gasteiger partial charge in [-0.2, -0.15) is 0 Å². The van der Waals surface area contributed by atoms with Crippen LogP contribution in [0.15, 0.2) is 12.4 Å². The lowest BCUT2D eigenvalue weighted by Gasteiger charge is -2.26. The van der Waals surface area contributed by atoms with E-state index in [1.807, 2.05) is 4.90 Å². The van der Waals surface area contributed by atoms with Crippen LogP contribution in [-0.4, -0.2) is 41.2 Å². The third-order valence-electron chi connectivity index (χ3n) is 2.13. The summed E-state index contributed by atoms with van der Waals surface area (Å²) in [5.41, 5.74) is -0.0907. The van der Waals surface area contributed by atoms with E-state index in [4.69, 9.17) is 4.74 Å². The van der Waals surface area contributed by atoms with E-state index < -0.39 is 4.92 Å². The summed E-state index contributed by atoms with van der Waals surface area (Å²) < 4.78 is 5.18. The van der Waals surface area contributed by atoms with Gasteiger partial charge in [0.25, 0.3) is 0 Å². The van der Waals surface area contributed by atoms with Crippen molar-refractivity contribution in [3.63, 3.8) is 0 Å². The van der Waals surface area contributed by atoms with Crippen LogP contribution in [0, 0.1) is 10.1 Å². The van der Waals surface area contributed by atoms with Gasteiger partial charge in [-0.25, -0.2) is 9.97 Å². The molecule has 0 N–H and O–H groups in total. The third-order valence-corrected chi connectivity index (χ3v) is 2.13. The second-order valence-corrected chi connectivity index (χ2v) is 3.10. The fraction of sp³-hybridized carbons (Fsp3) is 0.500. The molecule has 7 heteroatoms. The number of anilines is 1. The fourth-order valence-electron chi connectivity index (χ4n) is 1.34. The van der Waals surface area contributed by atoms with Crippen LogP contribution < -0.4 is 4.90 Å². The van der Waals surface area contributed by atoms with Crippen molar-refractivity contribution >= 4 is 11.6 Å². The predicted molar refractivity (Wildman–Crippen MR) is 51.7 cm³/mol. The minimum Gasteiger partial charge on any atom is -0.378 e. The molecule has 1 aromatic rings. The maximum atomic E-state index is 10.4. The molecule has 7 nitrogen and oxygen atoms in total. The van der Waals surface area contributed by atoms with Crippen molar-refractivity contribution in [2.24, 2.45) is 0 Å². The van der Waals surface area contributed by atoms with Gasteiger partial charge in [-0.15, -0.1) is 0 Å². The fourth-order valence-corrected chi connectivity index (χ4v) is 1.34. The number of hydrogen-bond donors (Lipinski definition) is 0. The molecule has 0 aliphatic carbocycles. The Kier molecular flexibility index (Phi) is 2.72. The molecule has 1 aromatic heterocycles. The molecule has 1 aliphatic rings. The van der Waals surface area contributed by atoms with Gasteiger partial charge in [0, 0.05) is 13.1 Å². The van der Waals surface area contributed by atoms with Crippen LogP contribution in [0.1, 0.15) is 0 Å². The van der Waals surface area contributed by atoms with E-state index in [0.717, 1.165) is 13.1 Å². The molecule has 0 saturated carbocycles. The molecular formula is C8H10N4O3. The second-order valence-electron chi connectivity index (χ2n) is 3.10. The van der Waals surface area contributed by atoms with E-state index in [-0.39, 0.29) is 5.69 Å². The predicted octanol–water partition coefficient (Wildman–Crippen LogP) is 0.221. The van der Waals surface area contributed by atoms with Crippen molar-refractivity contribution < 1.29 is 9.66 Å². The Labute approximate surface area is 85.9 Å². The molecule has 0 spiro atoms. The normalized spacial score (nSPS) is 16.4. The smallest absolute Gasteiger partial charge is 0.305 e. The standard InChI is InChI=1S/C8H10N4O3/c13-12(14)7-5-9-8(10-6-7)11-1-3-15-4-2-11/h5-6H,1-4H2. The van der Waals surface area contributed by atoms with Gasteiger partial charge in [-0.1, -0.05) is 0 Å². The van der Waals surface area contributed by atoms with E-state index in [1.54, 1.807) is 0 Å². The van der Waals surface area contributed by atoms with Crippen LogP contribution in [0.4, 0.5) is 11.6 Å². The maximum absolute atomic E-state index is 10.4. The maximum Gasteiger partial charge on any atom is 0.305 e. The SMILES string of the molecule is O=[N+]([O-])c1cnc(N2CCOCC2)nc1. The molecule has 1 aliphatic heterocycles. The van der Waals surface area contributed by atoms with Gasteiger partial charge in [-0.3, -0.25) is 10.1 Å². The third kappa shape index (κ3) is 2.18. The number of aromatic nitrogens is 2. The van der Waals surface area contributed by atoms with E-state index in [2.05, 4.69) is 9.97 Å². The van der Waals surface area contributed by atoms with Crippen molar-refractivity contribution in [2.75, 3.05) is 31.2 Å². The van der Waals surface area contributed by atoms with Gasteiger partial charge in [0.15, 0.2) is 0 Å². The van der Waals surface area contributed by atoms with E-state index in [0.29, 0.717) is 19.2 Å². The highest BCUT2D eigenvalue weighted by Gasteiger charge is 2.15. The second kappa shape index (κ2) is 4.18. The Morgan fingerprint density at radius 3 is 2.47 bits per heavy atom. The van der Waals surface area contributed by atoms with Crippen LogP contribution >= 0.6 is 0 Å². The summed E-state index contributed by atoms with van der Waals surface area (Å²) in [5.74, 6) is 0.518. The van der Waals surface area contributed by atoms with Gasteiger partial charge in [0.1, 0.15) is 12.4 Å². The summed E-state index contributed by atoms with van der Waals surface area (Å²) in [4.78, 5) is 19.7. The van der Waals surface area contributed by atoms with Crippen LogP contribution in [0.2, 0.25) is 0 Å². The van der Waals surface area contributed by atoms with Crippen LogP contribution in [0.5, 0.6) is 0 Å². The van der Waals surface area contributed by atoms with Crippen LogP contribution in [0.25, 0.3) is 0 Å². The lowest BCUT2D eigenvalue weighted by molar-refractivity contribution is -0.385. The molecular weight excluding hydrogens is 200 g/mol. The minimum atomic E-state index is -0.511. The number of nitrogens with zero attached hydrogens (tertiary/aromatic N) is 4. The first-order chi connectivity index (χ1) is 7.27. The number of ether oxygens (including phenoxy) is 1. The Bertz CT molecular complexity index is 347. The summed E-state index contributed by atoms with van der Waals surface area (Å²) in [5, 5.41) is 10.4. The summed E-state index contributed by atoms with van der Waals surface area (Å²) in [6, 6.07) is 0. The Morgan fingerprint density at radius 2 is 1.93 bits per heavy atom. The van der Waals surface area contributed by atoms with Crippen LogP contribution in [0.3, 0.4) is 0 Å². The first-order valence-corrected chi connectivity index (χ1v) is 4.56. The Hall–Kier alpha value is -1.76. The molecule has 1 saturated heterocycles. The van der Waals surface area contributed by atoms with Crippen molar-refractivity contribution in [3.05, 3.63) is 22.5 Å². The van der Waals surface area contributed by atoms with Gasteiger partial charge in [-0.05, 0) is 0 Å². The molecule has 0 radical (unpaired) electrons. The number of nitro groups is 1. The molecule has 2 heterocycles. The number of hydrogen-bond acceptors (Lipinski definition) is 6. The highest BCUT2D eigenvalue weighted by Crippen LogP contribution is 2.12. The topological polar surface area (TPSA) is 81.4 Å². The lowest BCUT2D eigenvalue weighted by atomic mass is 10.4. The molecule has 80 valence electrons. The zero-order valence-electron chi connectivity index (χ0n) is 8.00. The Morgan fingerprint density at radius 1 is 1.33 bits per heavy atom. The van der Waals surface area contributed by atoms with Gasteiger partial charge in [0.05, 0.1) is 18.1 Å². The quantitative estimate of drug-likeness (QED) is 0.513. The Balaban J connectivity index is 2.11. The van der Waals surface area contributed by atoms with Crippen molar-refractivity contribution in [2.45, 2.75) is 0 Å². The van der Waals surface area contributed by atoms with Gasteiger partial charge in [0.2, 0.25) is 5.95 Å². The van der Waals surface area contributed by atoms with E-state index in [1.165, 1.54) is 12.4 Å². The van der Waals surface area contributed by atoms with Crippen molar-refractivity contribution in [1.29, 1.82) is 0 Å². The lowest BCUT2D eigenvalue weighted by Crippen LogP contribution is -2.37. The van der Waals surface area contributed by atoms with E-state index >= 15 is 0 Å². The summed E-state index contributed by atoms with van der Waals surface area (Å²) in [6.07, 6.45) is 2.44. The zero-order valence-corrected chi connectivity index (χ0v) is 8.00. The molecule has 0 atom stereocenters. The van der Waals surface area contributed by atoms with Gasteiger partial charge < -0.3 is 9.64 Å². The average molecular weight is 210 g/mol. The summed E-state index contributed by atoms with van der Waals surface area (Å²) in [6.45, 7) is 2.72. The minimum absolute atomic E-state index is 0.0907. The molecule has 0 amide bonds. The van der Waals surface area contributed by atoms with Crippen molar-refractivity contribution in [3.8, 4) is 0 Å². The first-order valence-electron chi connectivity index (χ1n) is 4.56. The van der Waals surface area contributed by atoms with E-state index in [9.17, 15) is 10.1 Å². The largest absolute Gasteiger partial charge is 0.378 e. The monoisotopic (exact) mass is 210 g/mol. The molecule has 2 rings (SSSR count). The van der Waals surface area contributed by atoms with Gasteiger partial charge >= 0.3 is 5.69 Å². The van der Waals surface area contributed by atoms with Crippen LogP contribution in [-0.2, 0) is 4.74 Å². The van der Waals surface area contributed by atoms with Crippen molar-refractivity contribution in [1.82, 2.24) is 9.97 Å². The summed E-state index contributed by atoms with van der Waals surface area (Å²) in [7, 11) is 0. The molecule has 1 fully saturated rings. The first kappa shape index (κ1) is 9.78.